The third-order valence-electron chi connectivity index (χ3n) is 6.20. The molecular weight excluding hydrogens is 537 g/mol. The molecule has 0 saturated carbocycles. The van der Waals surface area contributed by atoms with E-state index in [1.54, 1.807) is 42.5 Å². The van der Waals surface area contributed by atoms with Gasteiger partial charge in [0.1, 0.15) is 11.5 Å². The maximum absolute atomic E-state index is 13.4. The van der Waals surface area contributed by atoms with E-state index in [4.69, 9.17) is 0 Å². The predicted octanol–water partition coefficient (Wildman–Crippen LogP) is 6.84. The number of thioether (sulfide) groups is 1. The number of halogens is 1. The highest BCUT2D eigenvalue weighted by atomic mass is 32.2. The minimum Gasteiger partial charge on any atom is -0.325 e. The third-order valence-corrected chi connectivity index (χ3v) is 7.21. The first-order chi connectivity index (χ1) is 19.8. The fraction of sp³-hybridized carbons (Fsp3) is 0.121. The molecule has 6 nitrogen and oxygen atoms in total. The van der Waals surface area contributed by atoms with Crippen LogP contribution in [0.25, 0.3) is 6.08 Å². The Hall–Kier alpha value is -4.69. The van der Waals surface area contributed by atoms with Crippen LogP contribution in [0.5, 0.6) is 0 Å². The second kappa shape index (κ2) is 14.1. The topological polar surface area (TPSA) is 87.3 Å². The number of benzene rings is 4. The summed E-state index contributed by atoms with van der Waals surface area (Å²) in [6.45, 7) is 4.03. The molecule has 0 bridgehead atoms. The van der Waals surface area contributed by atoms with Crippen LogP contribution >= 0.6 is 11.8 Å². The molecule has 0 aliphatic carbocycles. The molecule has 0 aliphatic heterocycles. The molecule has 0 fully saturated rings. The number of hydrogen-bond donors (Lipinski definition) is 3. The van der Waals surface area contributed by atoms with Gasteiger partial charge in [0.15, 0.2) is 0 Å². The van der Waals surface area contributed by atoms with E-state index < -0.39 is 17.6 Å². The molecule has 4 rings (SSSR count). The lowest BCUT2D eigenvalue weighted by atomic mass is 10.1. The SMILES string of the molecule is CCc1cccc(C)c1NC(=O)CSc1ccc(NC(=O)/C(=C/c2ccc(F)cc2)NC(=O)c2ccccc2)cc1. The molecule has 0 radical (unpaired) electrons. The number of rotatable bonds is 10. The van der Waals surface area contributed by atoms with Crippen molar-refractivity contribution in [2.75, 3.05) is 16.4 Å². The van der Waals surface area contributed by atoms with Gasteiger partial charge in [0, 0.05) is 21.8 Å². The Morgan fingerprint density at radius 2 is 1.54 bits per heavy atom. The Balaban J connectivity index is 1.40. The van der Waals surface area contributed by atoms with Crippen LogP contribution in [0.1, 0.15) is 34.0 Å². The lowest BCUT2D eigenvalue weighted by Crippen LogP contribution is -2.30. The molecular formula is C33H30FN3O3S. The Morgan fingerprint density at radius 1 is 0.829 bits per heavy atom. The Morgan fingerprint density at radius 3 is 2.22 bits per heavy atom. The van der Waals surface area contributed by atoms with Crippen molar-refractivity contribution in [2.45, 2.75) is 25.2 Å². The molecule has 3 N–H and O–H groups in total. The van der Waals surface area contributed by atoms with Crippen LogP contribution in [0, 0.1) is 12.7 Å². The normalized spacial score (nSPS) is 11.0. The summed E-state index contributed by atoms with van der Waals surface area (Å²) < 4.78 is 13.4. The van der Waals surface area contributed by atoms with Gasteiger partial charge in [-0.05, 0) is 84.6 Å². The fourth-order valence-corrected chi connectivity index (χ4v) is 4.73. The number of aryl methyl sites for hydroxylation is 2. The Bertz CT molecular complexity index is 1550. The number of para-hydroxylation sites is 1. The lowest BCUT2D eigenvalue weighted by Gasteiger charge is -2.13. The summed E-state index contributed by atoms with van der Waals surface area (Å²) >= 11 is 1.39. The van der Waals surface area contributed by atoms with Crippen LogP contribution in [0.15, 0.2) is 108 Å². The van der Waals surface area contributed by atoms with Crippen LogP contribution in [0.4, 0.5) is 15.8 Å². The van der Waals surface area contributed by atoms with Crippen LogP contribution in [-0.4, -0.2) is 23.5 Å². The van der Waals surface area contributed by atoms with Crippen molar-refractivity contribution < 1.29 is 18.8 Å². The lowest BCUT2D eigenvalue weighted by molar-refractivity contribution is -0.114. The number of carbonyl (C=O) groups excluding carboxylic acids is 3. The average molecular weight is 568 g/mol. The zero-order chi connectivity index (χ0) is 29.2. The standard InChI is InChI=1S/C33H30FN3O3S/c1-3-24-11-7-8-22(2)31(24)37-30(38)21-41-28-18-16-27(17-19-28)35-33(40)29(20-23-12-14-26(34)15-13-23)36-32(39)25-9-5-4-6-10-25/h4-20H,3,21H2,1-2H3,(H,35,40)(H,36,39)(H,37,38)/b29-20-. The van der Waals surface area contributed by atoms with Gasteiger partial charge in [0.2, 0.25) is 5.91 Å². The van der Waals surface area contributed by atoms with E-state index in [0.717, 1.165) is 28.1 Å². The Kier molecular flexibility index (Phi) is 10.1. The van der Waals surface area contributed by atoms with E-state index in [2.05, 4.69) is 22.9 Å². The first-order valence-electron chi connectivity index (χ1n) is 13.1. The minimum atomic E-state index is -0.539. The maximum atomic E-state index is 13.4. The summed E-state index contributed by atoms with van der Waals surface area (Å²) in [5, 5.41) is 8.47. The maximum Gasteiger partial charge on any atom is 0.272 e. The molecule has 0 unspecified atom stereocenters. The summed E-state index contributed by atoms with van der Waals surface area (Å²) in [4.78, 5) is 39.4. The largest absolute Gasteiger partial charge is 0.325 e. The van der Waals surface area contributed by atoms with Crippen LogP contribution in [0.2, 0.25) is 0 Å². The molecule has 0 spiro atoms. The first-order valence-corrected chi connectivity index (χ1v) is 14.1. The van der Waals surface area contributed by atoms with Gasteiger partial charge in [0.25, 0.3) is 11.8 Å². The average Bonchev–Trinajstić information content (AvgIpc) is 2.99. The first kappa shape index (κ1) is 29.3. The summed E-state index contributed by atoms with van der Waals surface area (Å²) in [6, 6.07) is 27.2. The van der Waals surface area contributed by atoms with Crippen LogP contribution in [-0.2, 0) is 16.0 Å². The predicted molar refractivity (Wildman–Crippen MR) is 163 cm³/mol. The van der Waals surface area contributed by atoms with Gasteiger partial charge in [-0.1, -0.05) is 55.5 Å². The van der Waals surface area contributed by atoms with Crippen LogP contribution in [0.3, 0.4) is 0 Å². The van der Waals surface area contributed by atoms with Crippen molar-refractivity contribution in [3.8, 4) is 0 Å². The molecule has 41 heavy (non-hydrogen) atoms. The molecule has 0 atom stereocenters. The summed E-state index contributed by atoms with van der Waals surface area (Å²) in [5.41, 5.74) is 4.43. The molecule has 0 saturated heterocycles. The van der Waals surface area contributed by atoms with E-state index in [1.165, 1.54) is 42.1 Å². The number of hydrogen-bond acceptors (Lipinski definition) is 4. The number of carbonyl (C=O) groups is 3. The number of amides is 3. The van der Waals surface area contributed by atoms with Gasteiger partial charge < -0.3 is 16.0 Å². The van der Waals surface area contributed by atoms with E-state index >= 15 is 0 Å². The molecule has 208 valence electrons. The highest BCUT2D eigenvalue weighted by Gasteiger charge is 2.15. The minimum absolute atomic E-state index is 0.00300. The summed E-state index contributed by atoms with van der Waals surface area (Å²) in [6.07, 6.45) is 2.31. The van der Waals surface area contributed by atoms with Crippen molar-refractivity contribution in [3.63, 3.8) is 0 Å². The molecule has 4 aromatic carbocycles. The van der Waals surface area contributed by atoms with Crippen molar-refractivity contribution in [1.29, 1.82) is 0 Å². The Labute approximate surface area is 243 Å². The third kappa shape index (κ3) is 8.40. The van der Waals surface area contributed by atoms with Gasteiger partial charge in [-0.3, -0.25) is 14.4 Å². The summed E-state index contributed by atoms with van der Waals surface area (Å²) in [7, 11) is 0. The van der Waals surface area contributed by atoms with E-state index in [9.17, 15) is 18.8 Å². The molecule has 4 aromatic rings. The zero-order valence-electron chi connectivity index (χ0n) is 22.7. The highest BCUT2D eigenvalue weighted by molar-refractivity contribution is 8.00. The van der Waals surface area contributed by atoms with E-state index in [0.29, 0.717) is 16.8 Å². The number of anilines is 2. The zero-order valence-corrected chi connectivity index (χ0v) is 23.6. The van der Waals surface area contributed by atoms with Gasteiger partial charge in [0.05, 0.1) is 5.75 Å². The second-order valence-electron chi connectivity index (χ2n) is 9.21. The van der Waals surface area contributed by atoms with Crippen molar-refractivity contribution in [2.24, 2.45) is 0 Å². The van der Waals surface area contributed by atoms with Crippen molar-refractivity contribution in [1.82, 2.24) is 5.32 Å². The monoisotopic (exact) mass is 567 g/mol. The van der Waals surface area contributed by atoms with Crippen LogP contribution < -0.4 is 16.0 Å². The quantitative estimate of drug-likeness (QED) is 0.145. The van der Waals surface area contributed by atoms with E-state index in [-0.39, 0.29) is 17.4 Å². The van der Waals surface area contributed by atoms with E-state index in [1.807, 2.05) is 37.3 Å². The van der Waals surface area contributed by atoms with Crippen molar-refractivity contribution >= 4 is 46.9 Å². The highest BCUT2D eigenvalue weighted by Crippen LogP contribution is 2.24. The van der Waals surface area contributed by atoms with Gasteiger partial charge in [-0.2, -0.15) is 0 Å². The molecule has 8 heteroatoms. The van der Waals surface area contributed by atoms with Crippen molar-refractivity contribution in [3.05, 3.63) is 131 Å². The second-order valence-corrected chi connectivity index (χ2v) is 10.3. The fourth-order valence-electron chi connectivity index (χ4n) is 4.03. The summed E-state index contributed by atoms with van der Waals surface area (Å²) in [5.74, 6) is -1.25. The smallest absolute Gasteiger partial charge is 0.272 e. The van der Waals surface area contributed by atoms with Gasteiger partial charge in [-0.25, -0.2) is 4.39 Å². The molecule has 0 aromatic heterocycles. The van der Waals surface area contributed by atoms with Gasteiger partial charge >= 0.3 is 0 Å². The van der Waals surface area contributed by atoms with Gasteiger partial charge in [-0.15, -0.1) is 11.8 Å². The molecule has 0 heterocycles. The molecule has 3 amide bonds. The number of nitrogens with one attached hydrogen (secondary N) is 3. The molecule has 0 aliphatic rings.